The van der Waals surface area contributed by atoms with E-state index in [4.69, 9.17) is 0 Å². The molecule has 0 atom stereocenters. The van der Waals surface area contributed by atoms with E-state index < -0.39 is 5.82 Å². The number of Topliss-reactive ketones (excluding diaryl/α,β-unsaturated/α-hetero) is 2. The Labute approximate surface area is 227 Å². The third-order valence-corrected chi connectivity index (χ3v) is 7.24. The Balaban J connectivity index is 1.17. The van der Waals surface area contributed by atoms with Gasteiger partial charge in [-0.25, -0.2) is 4.39 Å². The van der Waals surface area contributed by atoms with Crippen molar-refractivity contribution < 1.29 is 19.1 Å². The molecule has 5 rings (SSSR count). The summed E-state index contributed by atoms with van der Waals surface area (Å²) in [5.41, 5.74) is 4.79. The largest absolute Gasteiger partial charge is 0.393 e. The maximum absolute atomic E-state index is 14.9. The summed E-state index contributed by atoms with van der Waals surface area (Å²) in [6.45, 7) is 1.60. The van der Waals surface area contributed by atoms with Gasteiger partial charge < -0.3 is 19.9 Å². The Hall–Kier alpha value is -4.23. The van der Waals surface area contributed by atoms with Crippen molar-refractivity contribution in [2.24, 2.45) is 7.05 Å². The third-order valence-electron chi connectivity index (χ3n) is 7.24. The van der Waals surface area contributed by atoms with Gasteiger partial charge in [0.25, 0.3) is 0 Å². The predicted octanol–water partition coefficient (Wildman–Crippen LogP) is 5.72. The van der Waals surface area contributed by atoms with Crippen LogP contribution in [-0.4, -0.2) is 40.4 Å². The molecule has 1 aromatic heterocycles. The first kappa shape index (κ1) is 26.4. The first-order chi connectivity index (χ1) is 18.9. The summed E-state index contributed by atoms with van der Waals surface area (Å²) in [4.78, 5) is 27.5. The average molecular weight is 526 g/mol. The Morgan fingerprint density at radius 3 is 2.21 bits per heavy atom. The number of anilines is 3. The minimum absolute atomic E-state index is 0.0399. The minimum Gasteiger partial charge on any atom is -0.393 e. The standard InChI is InChI=1S/C32H32FN3O3/c1-35-16-2-3-30(35)32(39)20-22-4-9-25(10-5-22)34-29-13-6-23(19-28(29)33)21-31(38)24-7-11-26(12-8-24)36-17-14-27(37)15-18-36/h2-13,16,19,27,34,37H,14-15,17-18,20-21H2,1H3. The SMILES string of the molecule is Cn1cccc1C(=O)Cc1ccc(Nc2ccc(CC(=O)c3ccc(N4CCC(O)CC4)cc3)cc2F)cc1. The molecule has 7 heteroatoms. The molecule has 0 aliphatic carbocycles. The molecule has 39 heavy (non-hydrogen) atoms. The van der Waals surface area contributed by atoms with Crippen LogP contribution in [0.15, 0.2) is 85.1 Å². The van der Waals surface area contributed by atoms with Crippen molar-refractivity contribution in [3.8, 4) is 0 Å². The summed E-state index contributed by atoms with van der Waals surface area (Å²) in [7, 11) is 1.84. The van der Waals surface area contributed by atoms with E-state index in [1.807, 2.05) is 67.8 Å². The fourth-order valence-electron chi connectivity index (χ4n) is 4.93. The number of piperidine rings is 1. The van der Waals surface area contributed by atoms with Crippen LogP contribution in [0.2, 0.25) is 0 Å². The molecule has 1 aliphatic rings. The molecule has 1 saturated heterocycles. The molecule has 3 aromatic carbocycles. The van der Waals surface area contributed by atoms with Crippen LogP contribution in [0.1, 0.15) is 44.8 Å². The summed E-state index contributed by atoms with van der Waals surface area (Å²) >= 11 is 0. The van der Waals surface area contributed by atoms with E-state index in [0.717, 1.165) is 37.2 Å². The number of aliphatic hydroxyl groups excluding tert-OH is 1. The monoisotopic (exact) mass is 525 g/mol. The van der Waals surface area contributed by atoms with Gasteiger partial charge in [0.2, 0.25) is 0 Å². The molecule has 4 aromatic rings. The molecule has 1 aliphatic heterocycles. The third kappa shape index (κ3) is 6.44. The van der Waals surface area contributed by atoms with E-state index in [1.54, 1.807) is 22.8 Å². The Bertz CT molecular complexity index is 1450. The van der Waals surface area contributed by atoms with Crippen molar-refractivity contribution in [1.82, 2.24) is 4.57 Å². The number of nitrogens with zero attached hydrogens (tertiary/aromatic N) is 2. The maximum Gasteiger partial charge on any atom is 0.183 e. The first-order valence-corrected chi connectivity index (χ1v) is 13.2. The highest BCUT2D eigenvalue weighted by molar-refractivity contribution is 5.98. The van der Waals surface area contributed by atoms with Crippen molar-refractivity contribution in [1.29, 1.82) is 0 Å². The Morgan fingerprint density at radius 2 is 1.56 bits per heavy atom. The van der Waals surface area contributed by atoms with Gasteiger partial charge in [0.15, 0.2) is 11.6 Å². The summed E-state index contributed by atoms with van der Waals surface area (Å²) in [5, 5.41) is 12.8. The highest BCUT2D eigenvalue weighted by atomic mass is 19.1. The topological polar surface area (TPSA) is 74.6 Å². The van der Waals surface area contributed by atoms with Gasteiger partial charge in [-0.05, 0) is 84.6 Å². The smallest absolute Gasteiger partial charge is 0.183 e. The second kappa shape index (κ2) is 11.7. The number of hydrogen-bond donors (Lipinski definition) is 2. The van der Waals surface area contributed by atoms with Crippen molar-refractivity contribution >= 4 is 28.6 Å². The van der Waals surface area contributed by atoms with Crippen LogP contribution in [0.25, 0.3) is 0 Å². The van der Waals surface area contributed by atoms with Gasteiger partial charge in [0.05, 0.1) is 17.5 Å². The maximum atomic E-state index is 14.9. The molecular formula is C32H32FN3O3. The number of carbonyl (C=O) groups is 2. The summed E-state index contributed by atoms with van der Waals surface area (Å²) in [6.07, 6.45) is 3.51. The van der Waals surface area contributed by atoms with E-state index in [1.165, 1.54) is 6.07 Å². The van der Waals surface area contributed by atoms with Crippen LogP contribution in [0, 0.1) is 5.82 Å². The van der Waals surface area contributed by atoms with E-state index in [9.17, 15) is 19.1 Å². The summed E-state index contributed by atoms with van der Waals surface area (Å²) < 4.78 is 16.7. The van der Waals surface area contributed by atoms with E-state index >= 15 is 0 Å². The molecule has 0 saturated carbocycles. The number of rotatable bonds is 9. The second-order valence-electron chi connectivity index (χ2n) is 10.1. The van der Waals surface area contributed by atoms with E-state index in [2.05, 4.69) is 10.2 Å². The lowest BCUT2D eigenvalue weighted by molar-refractivity contribution is 0.0980. The summed E-state index contributed by atoms with van der Waals surface area (Å²) in [5.74, 6) is -0.472. The van der Waals surface area contributed by atoms with Gasteiger partial charge >= 0.3 is 0 Å². The fraction of sp³-hybridized carbons (Fsp3) is 0.250. The zero-order chi connectivity index (χ0) is 27.4. The van der Waals surface area contributed by atoms with Gasteiger partial charge in [-0.3, -0.25) is 9.59 Å². The first-order valence-electron chi connectivity index (χ1n) is 13.2. The number of nitrogens with one attached hydrogen (secondary N) is 1. The van der Waals surface area contributed by atoms with Crippen molar-refractivity contribution in [2.45, 2.75) is 31.8 Å². The molecule has 0 spiro atoms. The average Bonchev–Trinajstić information content (AvgIpc) is 3.38. The van der Waals surface area contributed by atoms with Crippen LogP contribution in [-0.2, 0) is 19.9 Å². The molecule has 200 valence electrons. The molecule has 0 unspecified atom stereocenters. The summed E-state index contributed by atoms with van der Waals surface area (Å²) in [6, 6.07) is 23.3. The van der Waals surface area contributed by atoms with Crippen molar-refractivity contribution in [3.05, 3.63) is 113 Å². The number of aliphatic hydroxyl groups is 1. The molecule has 2 N–H and O–H groups in total. The molecule has 1 fully saturated rings. The van der Waals surface area contributed by atoms with Gasteiger partial charge in [-0.15, -0.1) is 0 Å². The Morgan fingerprint density at radius 1 is 0.897 bits per heavy atom. The number of benzene rings is 3. The van der Waals surface area contributed by atoms with Gasteiger partial charge in [-0.2, -0.15) is 0 Å². The van der Waals surface area contributed by atoms with Crippen LogP contribution in [0.5, 0.6) is 0 Å². The van der Waals surface area contributed by atoms with Crippen LogP contribution >= 0.6 is 0 Å². The van der Waals surface area contributed by atoms with Crippen LogP contribution < -0.4 is 10.2 Å². The minimum atomic E-state index is -0.439. The molecule has 6 nitrogen and oxygen atoms in total. The quantitative estimate of drug-likeness (QED) is 0.274. The van der Waals surface area contributed by atoms with Crippen LogP contribution in [0.4, 0.5) is 21.5 Å². The molecular weight excluding hydrogens is 493 g/mol. The molecule has 0 amide bonds. The van der Waals surface area contributed by atoms with Crippen LogP contribution in [0.3, 0.4) is 0 Å². The number of hydrogen-bond acceptors (Lipinski definition) is 5. The molecule has 2 heterocycles. The number of aromatic nitrogens is 1. The predicted molar refractivity (Wildman–Crippen MR) is 152 cm³/mol. The number of aryl methyl sites for hydroxylation is 1. The van der Waals surface area contributed by atoms with Gasteiger partial charge in [-0.1, -0.05) is 18.2 Å². The van der Waals surface area contributed by atoms with Gasteiger partial charge in [0, 0.05) is 56.1 Å². The lowest BCUT2D eigenvalue weighted by Crippen LogP contribution is -2.35. The lowest BCUT2D eigenvalue weighted by Gasteiger charge is -2.31. The molecule has 0 radical (unpaired) electrons. The van der Waals surface area contributed by atoms with E-state index in [0.29, 0.717) is 34.6 Å². The molecule has 0 bridgehead atoms. The lowest BCUT2D eigenvalue weighted by atomic mass is 10.0. The normalized spacial score (nSPS) is 13.9. The highest BCUT2D eigenvalue weighted by Gasteiger charge is 2.18. The number of carbonyl (C=O) groups excluding carboxylic acids is 2. The second-order valence-corrected chi connectivity index (χ2v) is 10.1. The fourth-order valence-corrected chi connectivity index (χ4v) is 4.93. The van der Waals surface area contributed by atoms with E-state index in [-0.39, 0.29) is 24.1 Å². The highest BCUT2D eigenvalue weighted by Crippen LogP contribution is 2.24. The van der Waals surface area contributed by atoms with Crippen molar-refractivity contribution in [3.63, 3.8) is 0 Å². The zero-order valence-corrected chi connectivity index (χ0v) is 21.9. The number of halogens is 1. The number of ketones is 2. The van der Waals surface area contributed by atoms with Crippen molar-refractivity contribution in [2.75, 3.05) is 23.3 Å². The van der Waals surface area contributed by atoms with Gasteiger partial charge in [0.1, 0.15) is 5.82 Å². The Kier molecular flexibility index (Phi) is 7.89. The zero-order valence-electron chi connectivity index (χ0n) is 21.9.